The number of carbonyl (C=O) groups excluding carboxylic acids is 3. The molecule has 1 aliphatic carbocycles. The van der Waals surface area contributed by atoms with Crippen molar-refractivity contribution in [3.8, 4) is 5.75 Å². The molecular formula is C33H42FN3O7. The fraction of sp³-hybridized carbons (Fsp3) is 0.455. The van der Waals surface area contributed by atoms with Crippen molar-refractivity contribution < 1.29 is 39.6 Å². The number of ketones is 2. The number of benzene rings is 2. The van der Waals surface area contributed by atoms with E-state index in [1.165, 1.54) is 12.1 Å². The first kappa shape index (κ1) is 34.6. The van der Waals surface area contributed by atoms with Crippen LogP contribution in [0.2, 0.25) is 0 Å². The number of phenols is 1. The molecule has 0 aromatic heterocycles. The van der Waals surface area contributed by atoms with Gasteiger partial charge in [-0.25, -0.2) is 4.39 Å². The zero-order chi connectivity index (χ0) is 31.3. The molecule has 1 unspecified atom stereocenters. The molecule has 2 aromatic rings. The largest absolute Gasteiger partial charge is 0.507 e. The molecule has 7 N–H and O–H groups in total. The van der Waals surface area contributed by atoms with Crippen LogP contribution >= 0.6 is 0 Å². The summed E-state index contributed by atoms with van der Waals surface area (Å²) in [5.74, 6) is -3.25. The van der Waals surface area contributed by atoms with Gasteiger partial charge in [-0.3, -0.25) is 19.4 Å². The number of hydrogen-bond acceptors (Lipinski definition) is 8. The molecule has 10 nitrogen and oxygen atoms in total. The summed E-state index contributed by atoms with van der Waals surface area (Å²) in [4.78, 5) is 44.1. The highest BCUT2D eigenvalue weighted by atomic mass is 19.1. The number of allylic oxidation sites excluding steroid dienone is 1. The second-order valence-corrected chi connectivity index (χ2v) is 11.7. The molecule has 0 bridgehead atoms. The lowest BCUT2D eigenvalue weighted by Crippen LogP contribution is -2.34. The quantitative estimate of drug-likeness (QED) is 0.237. The lowest BCUT2D eigenvalue weighted by Gasteiger charge is -2.33. The summed E-state index contributed by atoms with van der Waals surface area (Å²) in [6.45, 7) is -0.686. The Kier molecular flexibility index (Phi) is 11.9. The Bertz CT molecular complexity index is 1440. The van der Waals surface area contributed by atoms with Gasteiger partial charge in [-0.05, 0) is 91.0 Å². The predicted molar refractivity (Wildman–Crippen MR) is 166 cm³/mol. The first-order valence-corrected chi connectivity index (χ1v) is 14.7. The number of aliphatic hydroxyl groups excluding tert-OH is 2. The fourth-order valence-corrected chi connectivity index (χ4v) is 6.35. The average molecular weight is 612 g/mol. The van der Waals surface area contributed by atoms with Crippen LogP contribution < -0.4 is 10.6 Å². The summed E-state index contributed by atoms with van der Waals surface area (Å²) in [7, 11) is 3.76. The van der Waals surface area contributed by atoms with E-state index in [2.05, 4.69) is 0 Å². The maximum Gasteiger partial charge on any atom is 0.224 e. The maximum absolute atomic E-state index is 13.5. The van der Waals surface area contributed by atoms with Gasteiger partial charge in [-0.2, -0.15) is 0 Å². The van der Waals surface area contributed by atoms with Crippen molar-refractivity contribution in [3.63, 3.8) is 0 Å². The normalized spacial score (nSPS) is 17.2. The number of aliphatic imine (C=N–C) groups is 1. The molecule has 3 atom stereocenters. The van der Waals surface area contributed by atoms with E-state index in [1.54, 1.807) is 12.1 Å². The van der Waals surface area contributed by atoms with Crippen LogP contribution in [-0.2, 0) is 22.4 Å². The van der Waals surface area contributed by atoms with Crippen molar-refractivity contribution in [2.24, 2.45) is 28.5 Å². The highest BCUT2D eigenvalue weighted by Crippen LogP contribution is 2.43. The molecule has 1 heterocycles. The van der Waals surface area contributed by atoms with Crippen molar-refractivity contribution in [1.29, 1.82) is 0 Å². The van der Waals surface area contributed by atoms with Gasteiger partial charge in [0.05, 0.1) is 24.3 Å². The molecule has 44 heavy (non-hydrogen) atoms. The van der Waals surface area contributed by atoms with Gasteiger partial charge in [-0.15, -0.1) is 0 Å². The highest BCUT2D eigenvalue weighted by molar-refractivity contribution is 6.03. The van der Waals surface area contributed by atoms with E-state index < -0.39 is 36.6 Å². The predicted octanol–water partition coefficient (Wildman–Crippen LogP) is 2.78. The summed E-state index contributed by atoms with van der Waals surface area (Å²) in [5, 5.41) is 30.9. The third kappa shape index (κ3) is 7.96. The van der Waals surface area contributed by atoms with Crippen LogP contribution in [0.15, 0.2) is 41.4 Å². The van der Waals surface area contributed by atoms with Gasteiger partial charge in [0.15, 0.2) is 5.78 Å². The van der Waals surface area contributed by atoms with Crippen molar-refractivity contribution in [3.05, 3.63) is 64.5 Å². The molecule has 1 aliphatic heterocycles. The van der Waals surface area contributed by atoms with Crippen LogP contribution in [0.25, 0.3) is 5.70 Å². The Labute approximate surface area is 256 Å². The molecular weight excluding hydrogens is 569 g/mol. The molecule has 0 saturated heterocycles. The second kappa shape index (κ2) is 15.2. The number of aromatic hydroxyl groups is 1. The van der Waals surface area contributed by atoms with E-state index in [0.29, 0.717) is 43.2 Å². The average Bonchev–Trinajstić information content (AvgIpc) is 3.42. The van der Waals surface area contributed by atoms with Gasteiger partial charge in [0.25, 0.3) is 0 Å². The Balaban J connectivity index is 0.00000529. The van der Waals surface area contributed by atoms with Crippen LogP contribution in [0.4, 0.5) is 10.1 Å². The SMILES string of the molecule is CN(C)c1cc(CCC2=NC(c3ccc(F)cc3)=CC2)c(O)c2c1C[C@@H](C[C@@H](CCO)C(CO)C(=O)CC(N)=O)CC2=O.O. The molecule has 0 radical (unpaired) electrons. The van der Waals surface area contributed by atoms with Gasteiger partial charge < -0.3 is 31.4 Å². The molecule has 238 valence electrons. The molecule has 0 spiro atoms. The first-order chi connectivity index (χ1) is 20.5. The van der Waals surface area contributed by atoms with Crippen molar-refractivity contribution in [1.82, 2.24) is 0 Å². The van der Waals surface area contributed by atoms with Crippen molar-refractivity contribution in [2.45, 2.75) is 51.4 Å². The number of fused-ring (bicyclic) bond motifs is 1. The van der Waals surface area contributed by atoms with Gasteiger partial charge in [0, 0.05) is 50.9 Å². The summed E-state index contributed by atoms with van der Waals surface area (Å²) >= 11 is 0. The first-order valence-electron chi connectivity index (χ1n) is 14.7. The molecule has 2 aliphatic rings. The number of primary amides is 1. The summed E-state index contributed by atoms with van der Waals surface area (Å²) < 4.78 is 13.3. The number of nitrogens with two attached hydrogens (primary N) is 1. The van der Waals surface area contributed by atoms with Gasteiger partial charge in [0.1, 0.15) is 17.3 Å². The van der Waals surface area contributed by atoms with Gasteiger partial charge >= 0.3 is 0 Å². The molecule has 4 rings (SSSR count). The van der Waals surface area contributed by atoms with E-state index in [4.69, 9.17) is 10.7 Å². The Hall–Kier alpha value is -3.93. The van der Waals surface area contributed by atoms with Crippen molar-refractivity contribution in [2.75, 3.05) is 32.2 Å². The summed E-state index contributed by atoms with van der Waals surface area (Å²) in [6, 6.07) is 8.10. The Morgan fingerprint density at radius 1 is 1.14 bits per heavy atom. The maximum atomic E-state index is 13.5. The standard InChI is InChI=1S/C33H40FN3O6.H2O/c1-37(2)28-16-22(5-8-24-9-10-27(36-24)20-3-6-23(34)7-4-20)33(43)32-25(28)14-19(15-30(32)41)13-21(11-12-38)26(18-39)29(40)17-31(35)42;/h3-4,6-7,10,16,19,21,26,38-39,43H,5,8-9,11-15,17-18H2,1-2H3,(H2,35,42);1H2/t19-,21-,26?;/m1./s1. The van der Waals surface area contributed by atoms with Crippen LogP contribution in [0.5, 0.6) is 5.75 Å². The zero-order valence-electron chi connectivity index (χ0n) is 25.2. The topological polar surface area (TPSA) is 185 Å². The number of Topliss-reactive ketones (excluding diaryl/α,β-unsaturated/α-hetero) is 2. The third-order valence-corrected chi connectivity index (χ3v) is 8.49. The monoisotopic (exact) mass is 611 g/mol. The molecule has 1 amide bonds. The summed E-state index contributed by atoms with van der Waals surface area (Å²) in [6.07, 6.45) is 4.49. The number of nitrogens with zero attached hydrogens (tertiary/aromatic N) is 2. The lowest BCUT2D eigenvalue weighted by molar-refractivity contribution is -0.131. The number of hydrogen-bond donors (Lipinski definition) is 4. The van der Waals surface area contributed by atoms with Gasteiger partial charge in [-0.1, -0.05) is 6.08 Å². The number of anilines is 1. The summed E-state index contributed by atoms with van der Waals surface area (Å²) in [5.41, 5.74) is 10.3. The van der Waals surface area contributed by atoms with Crippen LogP contribution in [0, 0.1) is 23.6 Å². The van der Waals surface area contributed by atoms with Crippen LogP contribution in [0.3, 0.4) is 0 Å². The lowest BCUT2D eigenvalue weighted by atomic mass is 9.73. The number of halogens is 1. The fourth-order valence-electron chi connectivity index (χ4n) is 6.35. The van der Waals surface area contributed by atoms with Crippen molar-refractivity contribution >= 4 is 34.6 Å². The number of rotatable bonds is 14. The molecule has 11 heteroatoms. The minimum atomic E-state index is -0.864. The zero-order valence-corrected chi connectivity index (χ0v) is 25.2. The van der Waals surface area contributed by atoms with E-state index in [1.807, 2.05) is 31.1 Å². The number of aliphatic hydroxyl groups is 2. The van der Waals surface area contributed by atoms with E-state index in [9.17, 15) is 34.1 Å². The smallest absolute Gasteiger partial charge is 0.224 e. The Morgan fingerprint density at radius 3 is 2.45 bits per heavy atom. The molecule has 2 aromatic carbocycles. The second-order valence-electron chi connectivity index (χ2n) is 11.7. The van der Waals surface area contributed by atoms with Gasteiger partial charge in [0.2, 0.25) is 5.91 Å². The third-order valence-electron chi connectivity index (χ3n) is 8.49. The van der Waals surface area contributed by atoms with E-state index in [0.717, 1.165) is 28.2 Å². The van der Waals surface area contributed by atoms with Crippen LogP contribution in [-0.4, -0.2) is 71.3 Å². The Morgan fingerprint density at radius 2 is 1.84 bits per heavy atom. The molecule has 0 fully saturated rings. The van der Waals surface area contributed by atoms with E-state index >= 15 is 0 Å². The van der Waals surface area contributed by atoms with Crippen LogP contribution in [0.1, 0.15) is 65.6 Å². The minimum absolute atomic E-state index is 0. The highest BCUT2D eigenvalue weighted by Gasteiger charge is 2.36. The number of carbonyl (C=O) groups is 3. The number of amides is 1. The molecule has 0 saturated carbocycles. The number of aryl methyl sites for hydroxylation is 1. The number of phenolic OH excluding ortho intramolecular Hbond substituents is 1. The minimum Gasteiger partial charge on any atom is -0.507 e. The van der Waals surface area contributed by atoms with E-state index in [-0.39, 0.29) is 48.2 Å².